The molecule has 0 amide bonds. The van der Waals surface area contributed by atoms with Gasteiger partial charge >= 0.3 is 0 Å². The van der Waals surface area contributed by atoms with Crippen LogP contribution in [0.1, 0.15) is 58.4 Å². The number of likely N-dealkylation sites (tertiary alicyclic amines) is 1. The summed E-state index contributed by atoms with van der Waals surface area (Å²) in [6, 6.07) is 1.86. The molecular weight excluding hydrogens is 322 g/mol. The summed E-state index contributed by atoms with van der Waals surface area (Å²) in [7, 11) is 2.21. The van der Waals surface area contributed by atoms with Crippen molar-refractivity contribution < 1.29 is 0 Å². The highest BCUT2D eigenvalue weighted by Crippen LogP contribution is 2.32. The first-order valence-electron chi connectivity index (χ1n) is 10.6. The van der Waals surface area contributed by atoms with Gasteiger partial charge in [0.25, 0.3) is 0 Å². The van der Waals surface area contributed by atoms with Crippen LogP contribution in [0.2, 0.25) is 0 Å². The number of hydrogen-bond acceptors (Lipinski definition) is 5. The number of piperazine rings is 1. The average molecular weight is 360 g/mol. The Bertz CT molecular complexity index is 530. The zero-order chi connectivity index (χ0) is 18.5. The molecule has 1 aromatic heterocycles. The molecule has 2 saturated heterocycles. The molecule has 2 aliphatic rings. The van der Waals surface area contributed by atoms with Crippen LogP contribution in [0.3, 0.4) is 0 Å². The van der Waals surface area contributed by atoms with Crippen molar-refractivity contribution in [3.8, 4) is 0 Å². The molecule has 2 unspecified atom stereocenters. The molecule has 0 saturated carbocycles. The highest BCUT2D eigenvalue weighted by molar-refractivity contribution is 5.37. The molecule has 2 aliphatic heterocycles. The van der Waals surface area contributed by atoms with Crippen molar-refractivity contribution in [3.63, 3.8) is 0 Å². The third kappa shape index (κ3) is 4.74. The van der Waals surface area contributed by atoms with E-state index in [2.05, 4.69) is 54.9 Å². The fourth-order valence-electron chi connectivity index (χ4n) is 4.31. The van der Waals surface area contributed by atoms with Gasteiger partial charge in [-0.2, -0.15) is 0 Å². The first-order valence-corrected chi connectivity index (χ1v) is 10.6. The predicted octanol–water partition coefficient (Wildman–Crippen LogP) is 3.20. The van der Waals surface area contributed by atoms with Crippen molar-refractivity contribution in [2.75, 3.05) is 38.1 Å². The van der Waals surface area contributed by atoms with Crippen LogP contribution >= 0.6 is 0 Å². The minimum atomic E-state index is 0.609. The van der Waals surface area contributed by atoms with Gasteiger partial charge in [-0.3, -0.25) is 4.90 Å². The van der Waals surface area contributed by atoms with Crippen molar-refractivity contribution in [1.82, 2.24) is 19.8 Å². The quantitative estimate of drug-likeness (QED) is 0.633. The number of unbranched alkanes of at least 4 members (excludes halogenated alkanes) is 2. The van der Waals surface area contributed by atoms with E-state index in [-0.39, 0.29) is 0 Å². The Morgan fingerprint density at radius 3 is 2.31 bits per heavy atom. The van der Waals surface area contributed by atoms with E-state index in [0.29, 0.717) is 18.1 Å². The lowest BCUT2D eigenvalue weighted by atomic mass is 10.1. The second kappa shape index (κ2) is 9.14. The molecule has 2 fully saturated rings. The Balaban J connectivity index is 1.44. The molecule has 0 aromatic carbocycles. The molecule has 2 atom stereocenters. The predicted molar refractivity (Wildman–Crippen MR) is 109 cm³/mol. The number of aryl methyl sites for hydroxylation is 1. The van der Waals surface area contributed by atoms with Crippen LogP contribution in [-0.2, 0) is 6.42 Å². The monoisotopic (exact) mass is 359 g/mol. The van der Waals surface area contributed by atoms with Crippen LogP contribution < -0.4 is 4.90 Å². The minimum absolute atomic E-state index is 0.609. The number of nitrogens with zero attached hydrogens (tertiary/aromatic N) is 5. The topological polar surface area (TPSA) is 35.5 Å². The van der Waals surface area contributed by atoms with Gasteiger partial charge < -0.3 is 9.80 Å². The summed E-state index contributed by atoms with van der Waals surface area (Å²) in [5.41, 5.74) is 1.28. The van der Waals surface area contributed by atoms with Crippen LogP contribution in [0.4, 0.5) is 5.95 Å². The first kappa shape index (κ1) is 19.6. The van der Waals surface area contributed by atoms with E-state index < -0.39 is 0 Å². The van der Waals surface area contributed by atoms with Gasteiger partial charge in [0.15, 0.2) is 0 Å². The van der Waals surface area contributed by atoms with Crippen LogP contribution in [0, 0.1) is 0 Å². The van der Waals surface area contributed by atoms with E-state index >= 15 is 0 Å². The van der Waals surface area contributed by atoms with Crippen molar-refractivity contribution in [2.24, 2.45) is 0 Å². The van der Waals surface area contributed by atoms with Crippen molar-refractivity contribution in [3.05, 3.63) is 18.0 Å². The molecule has 5 nitrogen and oxygen atoms in total. The van der Waals surface area contributed by atoms with E-state index in [1.165, 1.54) is 57.3 Å². The zero-order valence-electron chi connectivity index (χ0n) is 17.2. The Kier molecular flexibility index (Phi) is 6.87. The normalized spacial score (nSPS) is 23.4. The first-order chi connectivity index (χ1) is 12.6. The maximum absolute atomic E-state index is 4.73. The fraction of sp³-hybridized carbons (Fsp3) is 0.810. The van der Waals surface area contributed by atoms with E-state index in [1.807, 2.05) is 0 Å². The van der Waals surface area contributed by atoms with Gasteiger partial charge in [0.1, 0.15) is 0 Å². The summed E-state index contributed by atoms with van der Waals surface area (Å²) in [5, 5.41) is 0. The van der Waals surface area contributed by atoms with Gasteiger partial charge in [0.05, 0.1) is 0 Å². The van der Waals surface area contributed by atoms with Crippen molar-refractivity contribution in [2.45, 2.75) is 77.4 Å². The lowest BCUT2D eigenvalue weighted by Crippen LogP contribution is -2.54. The molecule has 2 bridgehead atoms. The Hall–Kier alpha value is -1.20. The standard InChI is InChI=1S/C21H37N5/c1-5-25-15-19-10-11-20(16-25)26(19)21-22-13-18(14-23-21)9-7-6-8-12-24(4)17(2)3/h13-14,17,19-20H,5-12,15-16H2,1-4H3. The Labute approximate surface area is 159 Å². The second-order valence-electron chi connectivity index (χ2n) is 8.42. The van der Waals surface area contributed by atoms with E-state index in [0.717, 1.165) is 18.9 Å². The molecule has 3 rings (SSSR count). The summed E-state index contributed by atoms with van der Waals surface area (Å²) >= 11 is 0. The largest absolute Gasteiger partial charge is 0.332 e. The highest BCUT2D eigenvalue weighted by Gasteiger charge is 2.40. The average Bonchev–Trinajstić information content (AvgIpc) is 2.91. The molecule has 3 heterocycles. The molecule has 5 heteroatoms. The lowest BCUT2D eigenvalue weighted by molar-refractivity contribution is 0.228. The van der Waals surface area contributed by atoms with Crippen LogP contribution in [0.15, 0.2) is 12.4 Å². The van der Waals surface area contributed by atoms with E-state index in [1.54, 1.807) is 0 Å². The second-order valence-corrected chi connectivity index (χ2v) is 8.42. The smallest absolute Gasteiger partial charge is 0.225 e. The Morgan fingerprint density at radius 2 is 1.73 bits per heavy atom. The van der Waals surface area contributed by atoms with Gasteiger partial charge in [-0.05, 0) is 71.7 Å². The molecular formula is C21H37N5. The molecule has 1 aromatic rings. The molecule has 0 spiro atoms. The van der Waals surface area contributed by atoms with Crippen molar-refractivity contribution >= 4 is 5.95 Å². The van der Waals surface area contributed by atoms with E-state index in [4.69, 9.17) is 9.97 Å². The van der Waals surface area contributed by atoms with Crippen LogP contribution in [0.25, 0.3) is 0 Å². The van der Waals surface area contributed by atoms with Crippen molar-refractivity contribution in [1.29, 1.82) is 0 Å². The number of anilines is 1. The Morgan fingerprint density at radius 1 is 1.08 bits per heavy atom. The minimum Gasteiger partial charge on any atom is -0.332 e. The number of fused-ring (bicyclic) bond motifs is 2. The molecule has 0 N–H and O–H groups in total. The summed E-state index contributed by atoms with van der Waals surface area (Å²) in [6.45, 7) is 11.5. The SMILES string of the molecule is CCN1CC2CCC(C1)N2c1ncc(CCCCCN(C)C(C)C)cn1. The lowest BCUT2D eigenvalue weighted by Gasteiger charge is -2.40. The number of hydrogen-bond donors (Lipinski definition) is 0. The third-order valence-corrected chi connectivity index (χ3v) is 6.29. The van der Waals surface area contributed by atoms with Crippen LogP contribution in [-0.4, -0.2) is 71.1 Å². The third-order valence-electron chi connectivity index (χ3n) is 6.29. The van der Waals surface area contributed by atoms with Gasteiger partial charge in [0.2, 0.25) is 5.95 Å². The van der Waals surface area contributed by atoms with Gasteiger partial charge in [-0.15, -0.1) is 0 Å². The summed E-state index contributed by atoms with van der Waals surface area (Å²) in [6.07, 6.45) is 11.6. The number of likely N-dealkylation sites (N-methyl/N-ethyl adjacent to an activating group) is 1. The highest BCUT2D eigenvalue weighted by atomic mass is 15.4. The van der Waals surface area contributed by atoms with Crippen LogP contribution in [0.5, 0.6) is 0 Å². The van der Waals surface area contributed by atoms with Gasteiger partial charge in [-0.25, -0.2) is 9.97 Å². The zero-order valence-corrected chi connectivity index (χ0v) is 17.2. The maximum atomic E-state index is 4.73. The fourth-order valence-corrected chi connectivity index (χ4v) is 4.31. The summed E-state index contributed by atoms with van der Waals surface area (Å²) < 4.78 is 0. The number of aromatic nitrogens is 2. The number of rotatable bonds is 9. The van der Waals surface area contributed by atoms with Gasteiger partial charge in [-0.1, -0.05) is 13.3 Å². The van der Waals surface area contributed by atoms with E-state index in [9.17, 15) is 0 Å². The summed E-state index contributed by atoms with van der Waals surface area (Å²) in [4.78, 5) is 17.0. The maximum Gasteiger partial charge on any atom is 0.225 e. The van der Waals surface area contributed by atoms with Gasteiger partial charge in [0, 0.05) is 43.6 Å². The molecule has 146 valence electrons. The molecule has 0 aliphatic carbocycles. The molecule has 0 radical (unpaired) electrons. The summed E-state index contributed by atoms with van der Waals surface area (Å²) in [5.74, 6) is 0.954. The molecule has 26 heavy (non-hydrogen) atoms.